The molecule has 7 aromatic rings. The zero-order valence-electron chi connectivity index (χ0n) is 38.9. The molecule has 2 heteroatoms. The molecule has 8 rings (SSSR count). The SMILES string of the molecule is CCCCCCc1cccc(C2(C)c3cc(N(c4ccc(C)cc4)c4ccc(C(C)(C)C)cc4)ccc3-c3ccc(N(c4ccc(C)cc4)c4ccc(C(C)(C)C)cc4)cc32)c1. The summed E-state index contributed by atoms with van der Waals surface area (Å²) >= 11 is 0. The highest BCUT2D eigenvalue weighted by Crippen LogP contribution is 2.55. The van der Waals surface area contributed by atoms with Gasteiger partial charge >= 0.3 is 0 Å². The summed E-state index contributed by atoms with van der Waals surface area (Å²) in [6.07, 6.45) is 6.12. The second-order valence-corrected chi connectivity index (χ2v) is 20.0. The first-order chi connectivity index (χ1) is 29.6. The van der Waals surface area contributed by atoms with Gasteiger partial charge in [0.15, 0.2) is 0 Å². The van der Waals surface area contributed by atoms with Crippen molar-refractivity contribution in [3.8, 4) is 11.1 Å². The maximum absolute atomic E-state index is 2.51. The van der Waals surface area contributed by atoms with E-state index in [0.29, 0.717) is 0 Å². The normalized spacial score (nSPS) is 13.1. The van der Waals surface area contributed by atoms with E-state index in [0.717, 1.165) is 40.5 Å². The lowest BCUT2D eigenvalue weighted by atomic mass is 9.73. The van der Waals surface area contributed by atoms with Crippen LogP contribution in [-0.4, -0.2) is 0 Å². The Kier molecular flexibility index (Phi) is 11.8. The number of benzene rings is 7. The molecule has 0 aromatic heterocycles. The summed E-state index contributed by atoms with van der Waals surface area (Å²) in [6, 6.07) is 60.3. The lowest BCUT2D eigenvalue weighted by Crippen LogP contribution is -2.24. The first-order valence-corrected chi connectivity index (χ1v) is 23.0. The highest BCUT2D eigenvalue weighted by Gasteiger charge is 2.42. The third-order valence-corrected chi connectivity index (χ3v) is 13.3. The van der Waals surface area contributed by atoms with Crippen molar-refractivity contribution in [2.75, 3.05) is 9.80 Å². The van der Waals surface area contributed by atoms with Crippen LogP contribution in [0.3, 0.4) is 0 Å². The van der Waals surface area contributed by atoms with Gasteiger partial charge in [-0.1, -0.05) is 164 Å². The van der Waals surface area contributed by atoms with E-state index in [2.05, 4.69) is 237 Å². The molecule has 0 radical (unpaired) electrons. The van der Waals surface area contributed by atoms with Gasteiger partial charge in [0, 0.05) is 39.5 Å². The summed E-state index contributed by atoms with van der Waals surface area (Å²) in [5.41, 5.74) is 19.9. The molecule has 0 N–H and O–H groups in total. The van der Waals surface area contributed by atoms with Crippen molar-refractivity contribution in [3.05, 3.63) is 202 Å². The maximum Gasteiger partial charge on any atom is 0.0465 e. The van der Waals surface area contributed by atoms with E-state index in [1.165, 1.54) is 81.3 Å². The number of hydrogen-bond donors (Lipinski definition) is 0. The minimum atomic E-state index is -0.416. The van der Waals surface area contributed by atoms with Crippen LogP contribution in [0.4, 0.5) is 34.1 Å². The van der Waals surface area contributed by atoms with Gasteiger partial charge in [-0.3, -0.25) is 0 Å². The zero-order chi connectivity index (χ0) is 43.8. The summed E-state index contributed by atoms with van der Waals surface area (Å²) in [4.78, 5) is 4.87. The van der Waals surface area contributed by atoms with Crippen molar-refractivity contribution in [1.29, 1.82) is 0 Å². The second kappa shape index (κ2) is 17.1. The fourth-order valence-corrected chi connectivity index (χ4v) is 9.39. The van der Waals surface area contributed by atoms with Crippen LogP contribution in [0.15, 0.2) is 158 Å². The van der Waals surface area contributed by atoms with Crippen molar-refractivity contribution in [3.63, 3.8) is 0 Å². The maximum atomic E-state index is 2.51. The first kappa shape index (κ1) is 42.8. The highest BCUT2D eigenvalue weighted by molar-refractivity contribution is 5.90. The van der Waals surface area contributed by atoms with Gasteiger partial charge in [0.25, 0.3) is 0 Å². The Morgan fingerprint density at radius 3 is 1.24 bits per heavy atom. The highest BCUT2D eigenvalue weighted by atomic mass is 15.1. The molecule has 62 heavy (non-hydrogen) atoms. The van der Waals surface area contributed by atoms with Crippen LogP contribution >= 0.6 is 0 Å². The summed E-state index contributed by atoms with van der Waals surface area (Å²) in [5, 5.41) is 0. The van der Waals surface area contributed by atoms with Crippen LogP contribution in [0.25, 0.3) is 11.1 Å². The van der Waals surface area contributed by atoms with E-state index >= 15 is 0 Å². The number of fused-ring (bicyclic) bond motifs is 3. The molecule has 2 nitrogen and oxygen atoms in total. The number of anilines is 6. The summed E-state index contributed by atoms with van der Waals surface area (Å²) in [5.74, 6) is 0. The molecule has 0 fully saturated rings. The molecule has 0 aliphatic heterocycles. The van der Waals surface area contributed by atoms with Crippen molar-refractivity contribution in [1.82, 2.24) is 0 Å². The molecule has 0 amide bonds. The first-order valence-electron chi connectivity index (χ1n) is 23.0. The lowest BCUT2D eigenvalue weighted by molar-refractivity contribution is 0.590. The van der Waals surface area contributed by atoms with E-state index in [-0.39, 0.29) is 10.8 Å². The molecule has 0 atom stereocenters. The molecular weight excluding hydrogens is 749 g/mol. The summed E-state index contributed by atoms with van der Waals surface area (Å²) in [6.45, 7) is 22.8. The van der Waals surface area contributed by atoms with E-state index < -0.39 is 5.41 Å². The van der Waals surface area contributed by atoms with Crippen molar-refractivity contribution in [2.24, 2.45) is 0 Å². The summed E-state index contributed by atoms with van der Waals surface area (Å²) < 4.78 is 0. The Balaban J connectivity index is 1.31. The molecule has 0 saturated heterocycles. The Hall–Kier alpha value is -5.86. The average molecular weight is 815 g/mol. The topological polar surface area (TPSA) is 6.48 Å². The van der Waals surface area contributed by atoms with E-state index in [9.17, 15) is 0 Å². The van der Waals surface area contributed by atoms with Crippen LogP contribution in [-0.2, 0) is 22.7 Å². The number of nitrogens with zero attached hydrogens (tertiary/aromatic N) is 2. The Labute approximate surface area is 373 Å². The van der Waals surface area contributed by atoms with E-state index in [4.69, 9.17) is 0 Å². The zero-order valence-corrected chi connectivity index (χ0v) is 38.9. The molecule has 0 bridgehead atoms. The van der Waals surface area contributed by atoms with Crippen molar-refractivity contribution < 1.29 is 0 Å². The van der Waals surface area contributed by atoms with Crippen LogP contribution in [0.2, 0.25) is 0 Å². The third-order valence-electron chi connectivity index (χ3n) is 13.3. The predicted molar refractivity (Wildman–Crippen MR) is 268 cm³/mol. The third kappa shape index (κ3) is 8.50. The molecule has 0 saturated carbocycles. The van der Waals surface area contributed by atoms with Gasteiger partial charge in [-0.05, 0) is 162 Å². The molecule has 1 aliphatic rings. The Morgan fingerprint density at radius 1 is 0.435 bits per heavy atom. The number of unbranched alkanes of at least 4 members (excludes halogenated alkanes) is 3. The summed E-state index contributed by atoms with van der Waals surface area (Å²) in [7, 11) is 0. The molecular formula is C60H66N2. The van der Waals surface area contributed by atoms with E-state index in [1.54, 1.807) is 0 Å². The second-order valence-electron chi connectivity index (χ2n) is 20.0. The molecule has 7 aromatic carbocycles. The molecule has 0 heterocycles. The molecule has 0 unspecified atom stereocenters. The Morgan fingerprint density at radius 2 is 0.839 bits per heavy atom. The minimum absolute atomic E-state index is 0.0721. The van der Waals surface area contributed by atoms with Gasteiger partial charge in [-0.2, -0.15) is 0 Å². The van der Waals surface area contributed by atoms with Gasteiger partial charge in [-0.25, -0.2) is 0 Å². The van der Waals surface area contributed by atoms with Crippen LogP contribution in [0, 0.1) is 13.8 Å². The largest absolute Gasteiger partial charge is 0.310 e. The van der Waals surface area contributed by atoms with Crippen LogP contribution < -0.4 is 9.80 Å². The fraction of sp³-hybridized carbons (Fsp3) is 0.300. The van der Waals surface area contributed by atoms with Crippen LogP contribution in [0.1, 0.15) is 126 Å². The van der Waals surface area contributed by atoms with Gasteiger partial charge in [0.2, 0.25) is 0 Å². The monoisotopic (exact) mass is 815 g/mol. The van der Waals surface area contributed by atoms with Gasteiger partial charge in [-0.15, -0.1) is 0 Å². The quantitative estimate of drug-likeness (QED) is 0.113. The number of hydrogen-bond acceptors (Lipinski definition) is 2. The number of rotatable bonds is 12. The van der Waals surface area contributed by atoms with Crippen molar-refractivity contribution in [2.45, 2.75) is 118 Å². The molecule has 316 valence electrons. The fourth-order valence-electron chi connectivity index (χ4n) is 9.39. The number of aryl methyl sites for hydroxylation is 3. The van der Waals surface area contributed by atoms with Crippen LogP contribution in [0.5, 0.6) is 0 Å². The predicted octanol–water partition coefficient (Wildman–Crippen LogP) is 17.3. The van der Waals surface area contributed by atoms with Crippen molar-refractivity contribution >= 4 is 34.1 Å². The minimum Gasteiger partial charge on any atom is -0.310 e. The smallest absolute Gasteiger partial charge is 0.0465 e. The standard InChI is InChI=1S/C60H66N2/c1-11-12-13-14-16-44-17-15-18-47(39-44)60(10)56-40-52(61(48-27-19-42(2)20-28-48)50-31-23-45(24-32-50)58(4,5)6)35-37-54(56)55-38-36-53(41-57(55)60)62(49-29-21-43(3)22-30-49)51-33-25-46(26-34-51)59(7,8)9/h15,17-41H,11-14,16H2,1-10H3. The van der Waals surface area contributed by atoms with Gasteiger partial charge in [0.1, 0.15) is 0 Å². The van der Waals surface area contributed by atoms with Gasteiger partial charge < -0.3 is 9.80 Å². The van der Waals surface area contributed by atoms with E-state index in [1.807, 2.05) is 0 Å². The van der Waals surface area contributed by atoms with Gasteiger partial charge in [0.05, 0.1) is 0 Å². The average Bonchev–Trinajstić information content (AvgIpc) is 3.51. The molecule has 1 aliphatic carbocycles. The lowest BCUT2D eigenvalue weighted by Gasteiger charge is -2.32. The Bertz CT molecular complexity index is 2480. The molecule has 0 spiro atoms.